The molecule has 1 aromatic carbocycles. The van der Waals surface area contributed by atoms with Crippen molar-refractivity contribution in [3.63, 3.8) is 0 Å². The summed E-state index contributed by atoms with van der Waals surface area (Å²) in [5.41, 5.74) is 2.26. The minimum Gasteiger partial charge on any atom is -0.507 e. The summed E-state index contributed by atoms with van der Waals surface area (Å²) in [5, 5.41) is 28.9. The summed E-state index contributed by atoms with van der Waals surface area (Å²) < 4.78 is 13.1. The number of aromatic nitrogens is 5. The van der Waals surface area contributed by atoms with Crippen LogP contribution in [0.5, 0.6) is 5.75 Å². The van der Waals surface area contributed by atoms with Crippen molar-refractivity contribution < 1.29 is 9.50 Å². The molecule has 10 heteroatoms. The number of halogens is 2. The number of phenolic OH excluding ortho intramolecular Hbond substituents is 1. The number of aromatic hydroxyl groups is 1. The predicted molar refractivity (Wildman–Crippen MR) is 116 cm³/mol. The molecule has 0 spiro atoms. The van der Waals surface area contributed by atoms with Crippen LogP contribution in [0.4, 0.5) is 10.3 Å². The van der Waals surface area contributed by atoms with E-state index in [1.54, 1.807) is 30.7 Å². The predicted octanol–water partition coefficient (Wildman–Crippen LogP) is 2.97. The van der Waals surface area contributed by atoms with E-state index in [2.05, 4.69) is 30.7 Å². The molecule has 1 unspecified atom stereocenters. The number of rotatable bonds is 6. The lowest BCUT2D eigenvalue weighted by Gasteiger charge is -2.27. The third kappa shape index (κ3) is 4.68. The summed E-state index contributed by atoms with van der Waals surface area (Å²) in [7, 11) is 0. The van der Waals surface area contributed by atoms with Gasteiger partial charge in [-0.05, 0) is 38.0 Å². The first kappa shape index (κ1) is 21.9. The lowest BCUT2D eigenvalue weighted by molar-refractivity contribution is 0.265. The van der Waals surface area contributed by atoms with Crippen molar-refractivity contribution in [2.75, 3.05) is 24.7 Å². The average Bonchev–Trinajstić information content (AvgIpc) is 3.40. The molecular weight excluding hydrogens is 409 g/mol. The Morgan fingerprint density at radius 2 is 2.10 bits per heavy atom. The Balaban J connectivity index is 0.00000256. The van der Waals surface area contributed by atoms with Gasteiger partial charge in [0.1, 0.15) is 18.1 Å². The number of phenols is 1. The molecule has 3 N–H and O–H groups in total. The Labute approximate surface area is 180 Å². The van der Waals surface area contributed by atoms with Gasteiger partial charge in [0.15, 0.2) is 0 Å². The Kier molecular flexibility index (Phi) is 6.52. The number of aromatic amines is 1. The normalized spacial score (nSPS) is 16.5. The quantitative estimate of drug-likeness (QED) is 0.549. The van der Waals surface area contributed by atoms with Gasteiger partial charge in [0, 0.05) is 42.0 Å². The number of hydrogen-bond donors (Lipinski definition) is 3. The second-order valence-electron chi connectivity index (χ2n) is 7.96. The van der Waals surface area contributed by atoms with Crippen molar-refractivity contribution in [3.8, 4) is 28.1 Å². The fraction of sp³-hybridized carbons (Fsp3) is 0.400. The summed E-state index contributed by atoms with van der Waals surface area (Å²) in [6.07, 6.45) is 5.96. The van der Waals surface area contributed by atoms with Crippen LogP contribution in [0.1, 0.15) is 20.3 Å². The van der Waals surface area contributed by atoms with Crippen LogP contribution in [-0.4, -0.2) is 61.8 Å². The second-order valence-corrected chi connectivity index (χ2v) is 7.96. The molecule has 2 aromatic heterocycles. The molecule has 1 aliphatic heterocycles. The summed E-state index contributed by atoms with van der Waals surface area (Å²) in [5.74, 6) is 0.636. The summed E-state index contributed by atoms with van der Waals surface area (Å²) in [6.45, 7) is 4.78. The number of nitrogens with one attached hydrogen (secondary N) is 2. The van der Waals surface area contributed by atoms with E-state index in [0.29, 0.717) is 23.8 Å². The van der Waals surface area contributed by atoms with Gasteiger partial charge in [-0.1, -0.05) is 6.07 Å². The first-order valence-corrected chi connectivity index (χ1v) is 9.56. The van der Waals surface area contributed by atoms with Crippen LogP contribution in [0.15, 0.2) is 36.8 Å². The molecule has 0 aliphatic carbocycles. The van der Waals surface area contributed by atoms with Crippen molar-refractivity contribution in [3.05, 3.63) is 36.8 Å². The SMILES string of the molecule is CC(C)(CF)NC1CCN(c2ncc(-c3ccc(-c4cn[nH]c4)cc3O)nn2)C1.Cl. The van der Waals surface area contributed by atoms with E-state index in [1.807, 2.05) is 24.8 Å². The number of nitrogens with zero attached hydrogens (tertiary/aromatic N) is 5. The summed E-state index contributed by atoms with van der Waals surface area (Å²) in [6, 6.07) is 5.53. The van der Waals surface area contributed by atoms with Gasteiger partial charge in [0.2, 0.25) is 5.95 Å². The zero-order chi connectivity index (χ0) is 20.4. The first-order chi connectivity index (χ1) is 13.9. The third-order valence-corrected chi connectivity index (χ3v) is 5.05. The molecule has 1 atom stereocenters. The third-order valence-electron chi connectivity index (χ3n) is 5.05. The van der Waals surface area contributed by atoms with Crippen molar-refractivity contribution in [2.45, 2.75) is 31.8 Å². The maximum Gasteiger partial charge on any atom is 0.245 e. The lowest BCUT2D eigenvalue weighted by atomic mass is 10.0. The van der Waals surface area contributed by atoms with Crippen molar-refractivity contribution in [1.29, 1.82) is 0 Å². The summed E-state index contributed by atoms with van der Waals surface area (Å²) >= 11 is 0. The molecule has 30 heavy (non-hydrogen) atoms. The zero-order valence-corrected chi connectivity index (χ0v) is 17.7. The average molecular weight is 434 g/mol. The first-order valence-electron chi connectivity index (χ1n) is 9.56. The molecule has 3 heterocycles. The summed E-state index contributed by atoms with van der Waals surface area (Å²) in [4.78, 5) is 6.46. The van der Waals surface area contributed by atoms with Gasteiger partial charge >= 0.3 is 0 Å². The minimum absolute atomic E-state index is 0. The van der Waals surface area contributed by atoms with E-state index >= 15 is 0 Å². The second kappa shape index (κ2) is 8.93. The van der Waals surface area contributed by atoms with E-state index < -0.39 is 12.2 Å². The van der Waals surface area contributed by atoms with Crippen LogP contribution < -0.4 is 10.2 Å². The largest absolute Gasteiger partial charge is 0.507 e. The van der Waals surface area contributed by atoms with Crippen LogP contribution in [0.2, 0.25) is 0 Å². The van der Waals surface area contributed by atoms with Gasteiger partial charge in [-0.3, -0.25) is 5.10 Å². The lowest BCUT2D eigenvalue weighted by Crippen LogP contribution is -2.48. The molecule has 8 nitrogen and oxygen atoms in total. The monoisotopic (exact) mass is 433 g/mol. The molecule has 1 saturated heterocycles. The van der Waals surface area contributed by atoms with Gasteiger partial charge in [0.05, 0.1) is 12.4 Å². The Morgan fingerprint density at radius 3 is 2.73 bits per heavy atom. The van der Waals surface area contributed by atoms with Gasteiger partial charge in [-0.2, -0.15) is 5.10 Å². The van der Waals surface area contributed by atoms with Crippen LogP contribution in [0.3, 0.4) is 0 Å². The van der Waals surface area contributed by atoms with E-state index in [-0.39, 0.29) is 24.2 Å². The van der Waals surface area contributed by atoms with Gasteiger partial charge in [-0.15, -0.1) is 22.6 Å². The topological polar surface area (TPSA) is 103 Å². The van der Waals surface area contributed by atoms with Gasteiger partial charge < -0.3 is 15.3 Å². The van der Waals surface area contributed by atoms with Crippen molar-refractivity contribution in [1.82, 2.24) is 30.7 Å². The van der Waals surface area contributed by atoms with Crippen molar-refractivity contribution in [2.24, 2.45) is 0 Å². The maximum absolute atomic E-state index is 13.1. The molecule has 3 aromatic rings. The van der Waals surface area contributed by atoms with E-state index in [9.17, 15) is 9.50 Å². The molecule has 160 valence electrons. The molecule has 4 rings (SSSR count). The molecule has 0 radical (unpaired) electrons. The molecule has 1 fully saturated rings. The van der Waals surface area contributed by atoms with Crippen LogP contribution in [0, 0.1) is 0 Å². The number of hydrogen-bond acceptors (Lipinski definition) is 7. The van der Waals surface area contributed by atoms with E-state index in [4.69, 9.17) is 0 Å². The van der Waals surface area contributed by atoms with Gasteiger partial charge in [-0.25, -0.2) is 9.37 Å². The Bertz CT molecular complexity index is 966. The molecule has 0 bridgehead atoms. The number of H-pyrrole nitrogens is 1. The highest BCUT2D eigenvalue weighted by atomic mass is 35.5. The molecule has 1 aliphatic rings. The highest BCUT2D eigenvalue weighted by Crippen LogP contribution is 2.32. The smallest absolute Gasteiger partial charge is 0.245 e. The molecule has 0 saturated carbocycles. The van der Waals surface area contributed by atoms with Crippen LogP contribution in [-0.2, 0) is 0 Å². The maximum atomic E-state index is 13.1. The van der Waals surface area contributed by atoms with Crippen LogP contribution in [0.25, 0.3) is 22.4 Å². The standard InChI is InChI=1S/C20H24FN7O.ClH/c1-20(2,12-21)25-15-5-6-28(11-15)19-22-10-17(26-27-19)16-4-3-13(7-18(16)29)14-8-23-24-9-14;/h3-4,7-10,15,25,29H,5-6,11-12H2,1-2H3,(H,23,24);1H. The van der Waals surface area contributed by atoms with E-state index in [1.165, 1.54) is 0 Å². The minimum atomic E-state index is -0.538. The Hall–Kier alpha value is -2.78. The van der Waals surface area contributed by atoms with Crippen LogP contribution >= 0.6 is 12.4 Å². The highest BCUT2D eigenvalue weighted by molar-refractivity contribution is 5.85. The highest BCUT2D eigenvalue weighted by Gasteiger charge is 2.29. The van der Waals surface area contributed by atoms with Gasteiger partial charge in [0.25, 0.3) is 0 Å². The number of alkyl halides is 1. The van der Waals surface area contributed by atoms with Crippen molar-refractivity contribution >= 4 is 18.4 Å². The Morgan fingerprint density at radius 1 is 1.27 bits per heavy atom. The molecular formula is C20H25ClFN7O. The number of benzene rings is 1. The number of anilines is 1. The fourth-order valence-electron chi connectivity index (χ4n) is 3.52. The molecule has 0 amide bonds. The zero-order valence-electron chi connectivity index (χ0n) is 16.8. The fourth-order valence-corrected chi connectivity index (χ4v) is 3.52. The van der Waals surface area contributed by atoms with E-state index in [0.717, 1.165) is 24.1 Å².